The minimum absolute atomic E-state index is 1.01. The number of nitrogens with zero attached hydrogens (tertiary/aromatic N) is 2. The van der Waals surface area contributed by atoms with Gasteiger partial charge in [-0.15, -0.1) is 11.3 Å². The Kier molecular flexibility index (Phi) is 5.71. The van der Waals surface area contributed by atoms with E-state index in [1.807, 2.05) is 6.07 Å². The highest BCUT2D eigenvalue weighted by molar-refractivity contribution is 7.25. The molecule has 3 heteroatoms. The molecule has 0 bridgehead atoms. The Morgan fingerprint density at radius 2 is 1.00 bits per heavy atom. The van der Waals surface area contributed by atoms with Gasteiger partial charge in [-0.05, 0) is 76.9 Å². The molecular weight excluding hydrogens is 553 g/mol. The van der Waals surface area contributed by atoms with E-state index in [4.69, 9.17) is 4.98 Å². The number of pyridine rings is 1. The van der Waals surface area contributed by atoms with E-state index in [0.29, 0.717) is 0 Å². The summed E-state index contributed by atoms with van der Waals surface area (Å²) in [5, 5.41) is 3.76. The number of para-hydroxylation sites is 2. The Morgan fingerprint density at radius 1 is 0.409 bits per heavy atom. The largest absolute Gasteiger partial charge is 0.309 e. The summed E-state index contributed by atoms with van der Waals surface area (Å²) in [5.41, 5.74) is 11.6. The second kappa shape index (κ2) is 10.0. The molecule has 44 heavy (non-hydrogen) atoms. The van der Waals surface area contributed by atoms with Crippen molar-refractivity contribution in [2.45, 2.75) is 0 Å². The zero-order valence-electron chi connectivity index (χ0n) is 23.8. The van der Waals surface area contributed by atoms with E-state index >= 15 is 0 Å². The molecule has 206 valence electrons. The number of fused-ring (bicyclic) bond motifs is 6. The summed E-state index contributed by atoms with van der Waals surface area (Å²) in [6.45, 7) is 0. The Balaban J connectivity index is 1.14. The number of hydrogen-bond acceptors (Lipinski definition) is 2. The lowest BCUT2D eigenvalue weighted by Gasteiger charge is -2.11. The average molecular weight is 579 g/mol. The van der Waals surface area contributed by atoms with Crippen LogP contribution in [0, 0.1) is 0 Å². The second-order valence-electron chi connectivity index (χ2n) is 11.2. The molecule has 0 atom stereocenters. The molecular formula is C41H26N2S. The van der Waals surface area contributed by atoms with E-state index in [0.717, 1.165) is 22.5 Å². The Hall–Kier alpha value is -5.51. The molecule has 0 saturated carbocycles. The molecule has 0 aliphatic carbocycles. The van der Waals surface area contributed by atoms with E-state index in [1.165, 1.54) is 58.8 Å². The van der Waals surface area contributed by atoms with Gasteiger partial charge in [0.05, 0.1) is 26.9 Å². The fourth-order valence-electron chi connectivity index (χ4n) is 6.50. The predicted molar refractivity (Wildman–Crippen MR) is 188 cm³/mol. The molecule has 0 spiro atoms. The van der Waals surface area contributed by atoms with Crippen LogP contribution in [0.2, 0.25) is 0 Å². The molecule has 0 radical (unpaired) electrons. The van der Waals surface area contributed by atoms with Gasteiger partial charge in [-0.25, -0.2) is 4.98 Å². The maximum Gasteiger partial charge on any atom is 0.0896 e. The van der Waals surface area contributed by atoms with Crippen molar-refractivity contribution in [2.24, 2.45) is 0 Å². The molecule has 2 nitrogen and oxygen atoms in total. The van der Waals surface area contributed by atoms with Gasteiger partial charge in [0.15, 0.2) is 0 Å². The van der Waals surface area contributed by atoms with Crippen LogP contribution < -0.4 is 0 Å². The van der Waals surface area contributed by atoms with Crippen LogP contribution in [0.25, 0.3) is 81.3 Å². The van der Waals surface area contributed by atoms with Crippen molar-refractivity contribution in [2.75, 3.05) is 0 Å². The van der Waals surface area contributed by atoms with Gasteiger partial charge in [0.1, 0.15) is 0 Å². The van der Waals surface area contributed by atoms with E-state index < -0.39 is 0 Å². The molecule has 0 unspecified atom stereocenters. The topological polar surface area (TPSA) is 17.8 Å². The normalized spacial score (nSPS) is 11.6. The van der Waals surface area contributed by atoms with Crippen LogP contribution in [0.4, 0.5) is 0 Å². The summed E-state index contributed by atoms with van der Waals surface area (Å²) in [5.74, 6) is 0. The molecule has 0 amide bonds. The van der Waals surface area contributed by atoms with Gasteiger partial charge in [0.2, 0.25) is 0 Å². The molecule has 6 aromatic carbocycles. The molecule has 0 aliphatic heterocycles. The van der Waals surface area contributed by atoms with Gasteiger partial charge in [-0.1, -0.05) is 103 Å². The van der Waals surface area contributed by atoms with Gasteiger partial charge in [-0.3, -0.25) is 0 Å². The van der Waals surface area contributed by atoms with Crippen LogP contribution in [0.15, 0.2) is 158 Å². The lowest BCUT2D eigenvalue weighted by molar-refractivity contribution is 1.18. The number of aromatic nitrogens is 2. The third-order valence-electron chi connectivity index (χ3n) is 8.60. The third kappa shape index (κ3) is 4.05. The van der Waals surface area contributed by atoms with Crippen LogP contribution in [0.3, 0.4) is 0 Å². The first-order chi connectivity index (χ1) is 21.8. The SMILES string of the molecule is c1ccc(-c2ccc3sc4ccc(-c5cccc(-c6cccc(-n7c8ccccc8c8ccccc87)c6)c5)cc4c3n2)cc1. The zero-order valence-corrected chi connectivity index (χ0v) is 24.6. The third-order valence-corrected chi connectivity index (χ3v) is 9.72. The maximum atomic E-state index is 5.12. The number of hydrogen-bond donors (Lipinski definition) is 0. The first kappa shape index (κ1) is 25.0. The highest BCUT2D eigenvalue weighted by Gasteiger charge is 2.13. The van der Waals surface area contributed by atoms with E-state index in [-0.39, 0.29) is 0 Å². The number of benzene rings is 6. The lowest BCUT2D eigenvalue weighted by Crippen LogP contribution is -1.94. The molecule has 9 aromatic rings. The minimum atomic E-state index is 1.01. The predicted octanol–water partition coefficient (Wildman–Crippen LogP) is 11.5. The molecule has 0 fully saturated rings. The first-order valence-electron chi connectivity index (χ1n) is 14.9. The quantitative estimate of drug-likeness (QED) is 0.203. The van der Waals surface area contributed by atoms with Crippen molar-refractivity contribution in [3.8, 4) is 39.2 Å². The van der Waals surface area contributed by atoms with Crippen LogP contribution in [0.1, 0.15) is 0 Å². The van der Waals surface area contributed by atoms with Gasteiger partial charge in [-0.2, -0.15) is 0 Å². The Bertz CT molecular complexity index is 2450. The molecule has 0 N–H and O–H groups in total. The maximum absolute atomic E-state index is 5.12. The van der Waals surface area contributed by atoms with Crippen molar-refractivity contribution < 1.29 is 0 Å². The smallest absolute Gasteiger partial charge is 0.0896 e. The first-order valence-corrected chi connectivity index (χ1v) is 15.7. The van der Waals surface area contributed by atoms with Crippen LogP contribution in [0.5, 0.6) is 0 Å². The van der Waals surface area contributed by atoms with Crippen molar-refractivity contribution in [3.05, 3.63) is 158 Å². The molecule has 0 aliphatic rings. The van der Waals surface area contributed by atoms with Crippen molar-refractivity contribution in [1.29, 1.82) is 0 Å². The highest BCUT2D eigenvalue weighted by Crippen LogP contribution is 2.38. The minimum Gasteiger partial charge on any atom is -0.309 e. The van der Waals surface area contributed by atoms with Gasteiger partial charge < -0.3 is 4.57 Å². The van der Waals surface area contributed by atoms with Crippen molar-refractivity contribution in [3.63, 3.8) is 0 Å². The molecule has 3 aromatic heterocycles. The zero-order chi connectivity index (χ0) is 29.0. The van der Waals surface area contributed by atoms with Gasteiger partial charge in [0, 0.05) is 32.1 Å². The lowest BCUT2D eigenvalue weighted by atomic mass is 9.98. The molecule has 0 saturated heterocycles. The summed E-state index contributed by atoms with van der Waals surface area (Å²) in [6, 6.07) is 56.7. The van der Waals surface area contributed by atoms with Gasteiger partial charge in [0.25, 0.3) is 0 Å². The summed E-state index contributed by atoms with van der Waals surface area (Å²) < 4.78 is 4.86. The summed E-state index contributed by atoms with van der Waals surface area (Å²) >= 11 is 1.81. The summed E-state index contributed by atoms with van der Waals surface area (Å²) in [4.78, 5) is 5.12. The number of rotatable bonds is 4. The van der Waals surface area contributed by atoms with E-state index in [9.17, 15) is 0 Å². The standard InChI is InChI=1S/C41H26N2S/c1-2-10-27(11-3-1)36-21-23-40-41(42-36)35-26-31(20-22-39(35)44-40)29-13-8-12-28(24-29)30-14-9-15-32(25-30)43-37-18-6-4-16-33(37)34-17-5-7-19-38(34)43/h1-26H. The monoisotopic (exact) mass is 578 g/mol. The molecule has 3 heterocycles. The highest BCUT2D eigenvalue weighted by atomic mass is 32.1. The summed E-state index contributed by atoms with van der Waals surface area (Å²) in [7, 11) is 0. The van der Waals surface area contributed by atoms with Crippen molar-refractivity contribution in [1.82, 2.24) is 9.55 Å². The van der Waals surface area contributed by atoms with E-state index in [2.05, 4.69) is 156 Å². The average Bonchev–Trinajstić information content (AvgIpc) is 3.64. The van der Waals surface area contributed by atoms with Crippen molar-refractivity contribution >= 4 is 53.4 Å². The second-order valence-corrected chi connectivity index (χ2v) is 12.3. The number of thiophene rings is 1. The van der Waals surface area contributed by atoms with Crippen LogP contribution in [-0.4, -0.2) is 9.55 Å². The molecule has 9 rings (SSSR count). The fourth-order valence-corrected chi connectivity index (χ4v) is 7.52. The van der Waals surface area contributed by atoms with Gasteiger partial charge >= 0.3 is 0 Å². The summed E-state index contributed by atoms with van der Waals surface area (Å²) in [6.07, 6.45) is 0. The Morgan fingerprint density at radius 3 is 1.75 bits per heavy atom. The Labute approximate surface area is 259 Å². The fraction of sp³-hybridized carbons (Fsp3) is 0. The van der Waals surface area contributed by atoms with Crippen LogP contribution >= 0.6 is 11.3 Å². The van der Waals surface area contributed by atoms with E-state index in [1.54, 1.807) is 11.3 Å². The van der Waals surface area contributed by atoms with Crippen LogP contribution in [-0.2, 0) is 0 Å².